The van der Waals surface area contributed by atoms with Crippen LogP contribution in [0.15, 0.2) is 29.0 Å². The summed E-state index contributed by atoms with van der Waals surface area (Å²) < 4.78 is 12.4. The van der Waals surface area contributed by atoms with Gasteiger partial charge in [-0.1, -0.05) is 12.1 Å². The minimum Gasteiger partial charge on any atom is -0.377 e. The molecule has 0 saturated heterocycles. The van der Waals surface area contributed by atoms with Crippen LogP contribution in [0.5, 0.6) is 0 Å². The Morgan fingerprint density at radius 2 is 2.38 bits per heavy atom. The van der Waals surface area contributed by atoms with Crippen LogP contribution < -0.4 is 5.32 Å². The van der Waals surface area contributed by atoms with Crippen molar-refractivity contribution >= 4 is 0 Å². The fourth-order valence-electron chi connectivity index (χ4n) is 2.78. The van der Waals surface area contributed by atoms with Crippen LogP contribution in [0.2, 0.25) is 0 Å². The molecule has 114 valence electrons. The Bertz CT molecular complexity index is 572. The minimum atomic E-state index is 0.466. The fraction of sp³-hybridized carbons (Fsp3) is 0.562. The average Bonchev–Trinajstić information content (AvgIpc) is 3.06. The highest BCUT2D eigenvalue weighted by Crippen LogP contribution is 2.41. The monoisotopic (exact) mass is 289 g/mol. The van der Waals surface area contributed by atoms with Crippen LogP contribution in [0.25, 0.3) is 0 Å². The summed E-state index contributed by atoms with van der Waals surface area (Å²) in [5.41, 5.74) is 2.30. The Morgan fingerprint density at radius 1 is 1.52 bits per heavy atom. The number of aromatic nitrogens is 2. The molecule has 0 aromatic carbocycles. The highest BCUT2D eigenvalue weighted by atomic mass is 16.5. The van der Waals surface area contributed by atoms with Gasteiger partial charge in [-0.3, -0.25) is 0 Å². The molecule has 1 fully saturated rings. The molecule has 1 atom stereocenters. The van der Waals surface area contributed by atoms with E-state index in [1.54, 1.807) is 7.11 Å². The number of rotatable bonds is 8. The summed E-state index contributed by atoms with van der Waals surface area (Å²) in [6.07, 6.45) is 7.02. The summed E-state index contributed by atoms with van der Waals surface area (Å²) in [4.78, 5) is 0. The van der Waals surface area contributed by atoms with Gasteiger partial charge in [0.2, 0.25) is 0 Å². The quantitative estimate of drug-likeness (QED) is 0.812. The third kappa shape index (κ3) is 3.54. The Morgan fingerprint density at radius 3 is 3.10 bits per heavy atom. The first-order valence-electron chi connectivity index (χ1n) is 7.62. The molecule has 1 saturated carbocycles. The van der Waals surface area contributed by atoms with Crippen molar-refractivity contribution in [2.45, 2.75) is 39.0 Å². The molecule has 21 heavy (non-hydrogen) atoms. The lowest BCUT2D eigenvalue weighted by molar-refractivity contribution is 0.155. The topological polar surface area (TPSA) is 52.2 Å². The lowest BCUT2D eigenvalue weighted by Gasteiger charge is -2.15. The number of nitrogens with zero attached hydrogens (tertiary/aromatic N) is 2. The summed E-state index contributed by atoms with van der Waals surface area (Å²) in [6, 6.07) is 4.66. The predicted molar refractivity (Wildman–Crippen MR) is 79.9 cm³/mol. The van der Waals surface area contributed by atoms with Crippen molar-refractivity contribution in [1.29, 1.82) is 0 Å². The van der Waals surface area contributed by atoms with E-state index < -0.39 is 0 Å². The van der Waals surface area contributed by atoms with E-state index in [1.807, 2.05) is 6.07 Å². The first-order valence-corrected chi connectivity index (χ1v) is 7.62. The molecule has 0 bridgehead atoms. The first-order chi connectivity index (χ1) is 10.3. The molecular weight excluding hydrogens is 266 g/mol. The molecule has 0 amide bonds. The summed E-state index contributed by atoms with van der Waals surface area (Å²) in [6.45, 7) is 4.37. The standard InChI is InChI=1S/C16H23N3O2/c1-3-17-16(12-4-5-12)13-6-7-19(9-13)10-14-8-15(11-20-2)21-18-14/h6-9,12,16-17H,3-5,10-11H2,1-2H3. The fourth-order valence-corrected chi connectivity index (χ4v) is 2.78. The third-order valence-electron chi connectivity index (χ3n) is 3.89. The van der Waals surface area contributed by atoms with E-state index in [9.17, 15) is 0 Å². The Hall–Kier alpha value is -1.59. The molecule has 0 aliphatic heterocycles. The maximum Gasteiger partial charge on any atom is 0.162 e. The van der Waals surface area contributed by atoms with Gasteiger partial charge in [0.05, 0.1) is 6.54 Å². The molecule has 0 spiro atoms. The van der Waals surface area contributed by atoms with Gasteiger partial charge in [0.1, 0.15) is 12.3 Å². The second-order valence-electron chi connectivity index (χ2n) is 5.71. The second kappa shape index (κ2) is 6.45. The Labute approximate surface area is 125 Å². The SMILES string of the molecule is CCNC(c1ccn(Cc2cc(COC)on2)c1)C1CC1. The van der Waals surface area contributed by atoms with Gasteiger partial charge in [0.25, 0.3) is 0 Å². The molecular formula is C16H23N3O2. The molecule has 1 N–H and O–H groups in total. The van der Waals surface area contributed by atoms with Crippen molar-refractivity contribution in [2.24, 2.45) is 5.92 Å². The van der Waals surface area contributed by atoms with Gasteiger partial charge in [-0.2, -0.15) is 0 Å². The van der Waals surface area contributed by atoms with Gasteiger partial charge >= 0.3 is 0 Å². The van der Waals surface area contributed by atoms with Gasteiger partial charge in [-0.25, -0.2) is 0 Å². The van der Waals surface area contributed by atoms with E-state index >= 15 is 0 Å². The zero-order chi connectivity index (χ0) is 14.7. The maximum atomic E-state index is 5.22. The largest absolute Gasteiger partial charge is 0.377 e. The summed E-state index contributed by atoms with van der Waals surface area (Å²) in [5, 5.41) is 7.67. The third-order valence-corrected chi connectivity index (χ3v) is 3.89. The van der Waals surface area contributed by atoms with Gasteiger partial charge in [0.15, 0.2) is 5.76 Å². The highest BCUT2D eigenvalue weighted by molar-refractivity contribution is 5.19. The van der Waals surface area contributed by atoms with Gasteiger partial charge in [-0.05, 0) is 36.9 Å². The molecule has 1 unspecified atom stereocenters. The molecule has 5 heteroatoms. The maximum absolute atomic E-state index is 5.22. The molecule has 5 nitrogen and oxygen atoms in total. The Balaban J connectivity index is 1.66. The van der Waals surface area contributed by atoms with E-state index in [1.165, 1.54) is 18.4 Å². The molecule has 0 radical (unpaired) electrons. The van der Waals surface area contributed by atoms with Crippen molar-refractivity contribution in [3.63, 3.8) is 0 Å². The number of hydrogen-bond acceptors (Lipinski definition) is 4. The number of ether oxygens (including phenoxy) is 1. The average molecular weight is 289 g/mol. The van der Waals surface area contributed by atoms with E-state index in [4.69, 9.17) is 9.26 Å². The minimum absolute atomic E-state index is 0.466. The van der Waals surface area contributed by atoms with E-state index in [-0.39, 0.29) is 0 Å². The molecule has 2 aromatic rings. The van der Waals surface area contributed by atoms with Crippen LogP contribution in [-0.4, -0.2) is 23.4 Å². The smallest absolute Gasteiger partial charge is 0.162 e. The van der Waals surface area contributed by atoms with Crippen LogP contribution in [-0.2, 0) is 17.9 Å². The number of nitrogens with one attached hydrogen (secondary N) is 1. The molecule has 2 heterocycles. The zero-order valence-corrected chi connectivity index (χ0v) is 12.7. The highest BCUT2D eigenvalue weighted by Gasteiger charge is 2.32. The van der Waals surface area contributed by atoms with Gasteiger partial charge < -0.3 is 19.1 Å². The molecule has 1 aliphatic rings. The van der Waals surface area contributed by atoms with Crippen molar-refractivity contribution in [1.82, 2.24) is 15.0 Å². The van der Waals surface area contributed by atoms with Crippen LogP contribution >= 0.6 is 0 Å². The second-order valence-corrected chi connectivity index (χ2v) is 5.71. The van der Waals surface area contributed by atoms with Crippen molar-refractivity contribution in [3.05, 3.63) is 41.5 Å². The molecule has 1 aliphatic carbocycles. The normalized spacial score (nSPS) is 16.3. The van der Waals surface area contributed by atoms with Gasteiger partial charge in [-0.15, -0.1) is 0 Å². The Kier molecular flexibility index (Phi) is 4.41. The number of hydrogen-bond donors (Lipinski definition) is 1. The van der Waals surface area contributed by atoms with Crippen molar-refractivity contribution < 1.29 is 9.26 Å². The van der Waals surface area contributed by atoms with Crippen molar-refractivity contribution in [3.8, 4) is 0 Å². The van der Waals surface area contributed by atoms with Crippen LogP contribution in [0.1, 0.15) is 42.8 Å². The van der Waals surface area contributed by atoms with Crippen LogP contribution in [0, 0.1) is 5.92 Å². The summed E-state index contributed by atoms with van der Waals surface area (Å²) >= 11 is 0. The predicted octanol–water partition coefficient (Wildman–Crippen LogP) is 2.73. The van der Waals surface area contributed by atoms with Crippen molar-refractivity contribution in [2.75, 3.05) is 13.7 Å². The van der Waals surface area contributed by atoms with Crippen LogP contribution in [0.3, 0.4) is 0 Å². The van der Waals surface area contributed by atoms with Gasteiger partial charge in [0, 0.05) is 31.6 Å². The van der Waals surface area contributed by atoms with E-state index in [2.05, 4.69) is 40.4 Å². The summed E-state index contributed by atoms with van der Waals surface area (Å²) in [7, 11) is 1.65. The molecule has 2 aromatic heterocycles. The van der Waals surface area contributed by atoms with E-state index in [0.717, 1.165) is 30.5 Å². The first kappa shape index (κ1) is 14.4. The summed E-state index contributed by atoms with van der Waals surface area (Å²) in [5.74, 6) is 1.57. The van der Waals surface area contributed by atoms with E-state index in [0.29, 0.717) is 12.6 Å². The lowest BCUT2D eigenvalue weighted by Crippen LogP contribution is -2.22. The zero-order valence-electron chi connectivity index (χ0n) is 12.7. The molecule has 3 rings (SSSR count). The lowest BCUT2D eigenvalue weighted by atomic mass is 10.1. The number of methoxy groups -OCH3 is 1. The van der Waals surface area contributed by atoms with Crippen LogP contribution in [0.4, 0.5) is 0 Å².